The van der Waals surface area contributed by atoms with Crippen molar-refractivity contribution in [1.82, 2.24) is 5.32 Å². The standard InChI is InChI=1S/C82H155NO5/c1-3-5-7-9-11-13-15-17-19-20-40-43-47-50-54-58-62-66-70-74-80(85)79(78-84)83-81(86)75-71-67-63-59-55-51-48-44-41-38-36-34-32-30-28-26-24-22-21-23-25-27-29-31-33-35-37-39-42-45-49-53-57-61-65-69-73-77-88-82(87)76-72-68-64-60-56-52-46-18-16-14-12-10-8-6-4-2/h12,14,18,21,23,27,29,46,79-80,84-85H,3-11,13,15-17,19-20,22,24-26,28,30-45,47-78H2,1-2H3,(H,83,86)/b14-12-,23-21-,29-27-,46-18-. The van der Waals surface area contributed by atoms with Crippen LogP contribution in [-0.2, 0) is 14.3 Å². The van der Waals surface area contributed by atoms with Crippen molar-refractivity contribution in [3.63, 3.8) is 0 Å². The van der Waals surface area contributed by atoms with Gasteiger partial charge in [-0.2, -0.15) is 0 Å². The Kier molecular flexibility index (Phi) is 75.4. The highest BCUT2D eigenvalue weighted by Gasteiger charge is 2.20. The lowest BCUT2D eigenvalue weighted by Gasteiger charge is -2.22. The minimum absolute atomic E-state index is 0.00508. The Morgan fingerprint density at radius 2 is 0.568 bits per heavy atom. The highest BCUT2D eigenvalue weighted by Crippen LogP contribution is 2.20. The smallest absolute Gasteiger partial charge is 0.305 e. The van der Waals surface area contributed by atoms with Gasteiger partial charge in [0, 0.05) is 12.8 Å². The van der Waals surface area contributed by atoms with E-state index in [0.717, 1.165) is 57.8 Å². The highest BCUT2D eigenvalue weighted by atomic mass is 16.5. The Hall–Kier alpha value is -2.18. The summed E-state index contributed by atoms with van der Waals surface area (Å²) < 4.78 is 5.49. The lowest BCUT2D eigenvalue weighted by atomic mass is 10.0. The topological polar surface area (TPSA) is 95.9 Å². The lowest BCUT2D eigenvalue weighted by Crippen LogP contribution is -2.45. The molecule has 0 rings (SSSR count). The third kappa shape index (κ3) is 72.9. The summed E-state index contributed by atoms with van der Waals surface area (Å²) >= 11 is 0. The predicted molar refractivity (Wildman–Crippen MR) is 389 cm³/mol. The number of rotatable bonds is 75. The minimum Gasteiger partial charge on any atom is -0.466 e. The number of ether oxygens (including phenoxy) is 1. The number of hydrogen-bond acceptors (Lipinski definition) is 5. The largest absolute Gasteiger partial charge is 0.466 e. The molecule has 0 aliphatic heterocycles. The molecule has 0 aliphatic rings. The van der Waals surface area contributed by atoms with E-state index in [4.69, 9.17) is 4.74 Å². The summed E-state index contributed by atoms with van der Waals surface area (Å²) in [4.78, 5) is 24.6. The molecule has 0 heterocycles. The number of carbonyl (C=O) groups is 2. The van der Waals surface area contributed by atoms with Gasteiger partial charge in [-0.05, 0) is 89.9 Å². The average molecular weight is 1240 g/mol. The minimum atomic E-state index is -0.664. The van der Waals surface area contributed by atoms with Crippen LogP contribution in [0.1, 0.15) is 438 Å². The molecule has 6 heteroatoms. The normalized spacial score (nSPS) is 12.7. The van der Waals surface area contributed by atoms with Crippen molar-refractivity contribution in [2.75, 3.05) is 13.2 Å². The van der Waals surface area contributed by atoms with E-state index < -0.39 is 12.1 Å². The van der Waals surface area contributed by atoms with Crippen molar-refractivity contribution < 1.29 is 24.5 Å². The van der Waals surface area contributed by atoms with Crippen LogP contribution in [0.4, 0.5) is 0 Å². The van der Waals surface area contributed by atoms with Crippen LogP contribution in [0, 0.1) is 0 Å². The summed E-state index contributed by atoms with van der Waals surface area (Å²) in [6, 6.07) is -0.541. The summed E-state index contributed by atoms with van der Waals surface area (Å²) in [6.45, 7) is 4.96. The van der Waals surface area contributed by atoms with Crippen LogP contribution in [0.5, 0.6) is 0 Å². The fourth-order valence-electron chi connectivity index (χ4n) is 12.5. The van der Waals surface area contributed by atoms with Crippen molar-refractivity contribution in [2.45, 2.75) is 450 Å². The maximum absolute atomic E-state index is 12.6. The molecule has 0 saturated carbocycles. The van der Waals surface area contributed by atoms with Gasteiger partial charge in [0.25, 0.3) is 0 Å². The van der Waals surface area contributed by atoms with Crippen molar-refractivity contribution >= 4 is 11.9 Å². The highest BCUT2D eigenvalue weighted by molar-refractivity contribution is 5.76. The monoisotopic (exact) mass is 1230 g/mol. The van der Waals surface area contributed by atoms with Gasteiger partial charge < -0.3 is 20.3 Å². The fourth-order valence-corrected chi connectivity index (χ4v) is 12.5. The first-order valence-electron chi connectivity index (χ1n) is 39.9. The first-order valence-corrected chi connectivity index (χ1v) is 39.9. The molecular formula is C82H155NO5. The number of esters is 1. The van der Waals surface area contributed by atoms with Gasteiger partial charge in [0.05, 0.1) is 25.4 Å². The Balaban J connectivity index is 3.37. The molecule has 0 spiro atoms. The number of allylic oxidation sites excluding steroid dienone is 8. The van der Waals surface area contributed by atoms with Crippen LogP contribution in [0.2, 0.25) is 0 Å². The van der Waals surface area contributed by atoms with Gasteiger partial charge >= 0.3 is 5.97 Å². The predicted octanol–water partition coefficient (Wildman–Crippen LogP) is 26.4. The number of aliphatic hydroxyl groups excluding tert-OH is 2. The molecule has 0 aromatic carbocycles. The Bertz CT molecular complexity index is 1470. The van der Waals surface area contributed by atoms with Crippen molar-refractivity contribution in [3.05, 3.63) is 48.6 Å². The summed E-state index contributed by atoms with van der Waals surface area (Å²) in [7, 11) is 0. The zero-order chi connectivity index (χ0) is 63.5. The van der Waals surface area contributed by atoms with Crippen LogP contribution < -0.4 is 5.32 Å². The second-order valence-corrected chi connectivity index (χ2v) is 27.4. The van der Waals surface area contributed by atoms with Crippen LogP contribution in [0.15, 0.2) is 48.6 Å². The first-order chi connectivity index (χ1) is 43.5. The van der Waals surface area contributed by atoms with Gasteiger partial charge in [0.2, 0.25) is 5.91 Å². The molecule has 0 saturated heterocycles. The van der Waals surface area contributed by atoms with E-state index in [9.17, 15) is 19.8 Å². The fraction of sp³-hybridized carbons (Fsp3) is 0.878. The molecule has 2 atom stereocenters. The molecule has 0 bridgehead atoms. The first kappa shape index (κ1) is 85.8. The van der Waals surface area contributed by atoms with Crippen LogP contribution >= 0.6 is 0 Å². The van der Waals surface area contributed by atoms with Crippen LogP contribution in [0.3, 0.4) is 0 Å². The molecule has 518 valence electrons. The van der Waals surface area contributed by atoms with Crippen LogP contribution in [-0.4, -0.2) is 47.4 Å². The quantitative estimate of drug-likeness (QED) is 0.0320. The van der Waals surface area contributed by atoms with E-state index in [2.05, 4.69) is 67.8 Å². The van der Waals surface area contributed by atoms with Gasteiger partial charge in [0.1, 0.15) is 0 Å². The average Bonchev–Trinajstić information content (AvgIpc) is 3.60. The zero-order valence-electron chi connectivity index (χ0n) is 59.5. The SMILES string of the molecule is CCCCC/C=C\C/C=C\CCCCCCCC(=O)OCCCCCCCCCCCCCCC/C=C\C/C=C\CCCCCCCCCCCCCCCCCCCC(=O)NC(CO)C(O)CCCCCCCCCCCCCCCCCCCCC. The maximum atomic E-state index is 12.6. The molecule has 0 aromatic heterocycles. The number of nitrogens with one attached hydrogen (secondary N) is 1. The molecule has 0 aliphatic carbocycles. The zero-order valence-corrected chi connectivity index (χ0v) is 59.5. The van der Waals surface area contributed by atoms with Crippen molar-refractivity contribution in [2.24, 2.45) is 0 Å². The maximum Gasteiger partial charge on any atom is 0.305 e. The van der Waals surface area contributed by atoms with E-state index >= 15 is 0 Å². The van der Waals surface area contributed by atoms with E-state index in [-0.39, 0.29) is 18.5 Å². The number of aliphatic hydroxyl groups is 2. The molecular weight excluding hydrogens is 1080 g/mol. The Morgan fingerprint density at radius 1 is 0.318 bits per heavy atom. The van der Waals surface area contributed by atoms with Gasteiger partial charge in [-0.15, -0.1) is 0 Å². The van der Waals surface area contributed by atoms with E-state index in [1.165, 1.54) is 347 Å². The van der Waals surface area contributed by atoms with E-state index in [1.807, 2.05) is 0 Å². The second kappa shape index (κ2) is 77.3. The van der Waals surface area contributed by atoms with E-state index in [0.29, 0.717) is 25.9 Å². The van der Waals surface area contributed by atoms with E-state index in [1.54, 1.807) is 0 Å². The summed E-state index contributed by atoms with van der Waals surface area (Å²) in [5, 5.41) is 23.4. The van der Waals surface area contributed by atoms with Crippen molar-refractivity contribution in [1.29, 1.82) is 0 Å². The van der Waals surface area contributed by atoms with Gasteiger partial charge in [-0.1, -0.05) is 383 Å². The molecule has 88 heavy (non-hydrogen) atoms. The summed E-state index contributed by atoms with van der Waals surface area (Å²) in [5.41, 5.74) is 0. The molecule has 0 aromatic rings. The molecule has 3 N–H and O–H groups in total. The summed E-state index contributed by atoms with van der Waals surface area (Å²) in [5.74, 6) is -0.0230. The third-order valence-electron chi connectivity index (χ3n) is 18.6. The summed E-state index contributed by atoms with van der Waals surface area (Å²) in [6.07, 6.45) is 102. The molecule has 0 radical (unpaired) electrons. The number of hydrogen-bond donors (Lipinski definition) is 3. The molecule has 6 nitrogen and oxygen atoms in total. The lowest BCUT2D eigenvalue weighted by molar-refractivity contribution is -0.143. The number of carbonyl (C=O) groups excluding carboxylic acids is 2. The van der Waals surface area contributed by atoms with Crippen molar-refractivity contribution in [3.8, 4) is 0 Å². The Morgan fingerprint density at radius 3 is 0.886 bits per heavy atom. The number of amides is 1. The van der Waals surface area contributed by atoms with Gasteiger partial charge in [0.15, 0.2) is 0 Å². The van der Waals surface area contributed by atoms with Gasteiger partial charge in [-0.25, -0.2) is 0 Å². The molecule has 2 unspecified atom stereocenters. The van der Waals surface area contributed by atoms with Crippen LogP contribution in [0.25, 0.3) is 0 Å². The van der Waals surface area contributed by atoms with Gasteiger partial charge in [-0.3, -0.25) is 9.59 Å². The third-order valence-corrected chi connectivity index (χ3v) is 18.6. The molecule has 0 fully saturated rings. The Labute approximate surface area is 550 Å². The number of unbranched alkanes of at least 4 members (excludes halogenated alkanes) is 56. The second-order valence-electron chi connectivity index (χ2n) is 27.4. The molecule has 1 amide bonds.